The van der Waals surface area contributed by atoms with Gasteiger partial charge in [-0.2, -0.15) is 4.31 Å². The first kappa shape index (κ1) is 15.5. The van der Waals surface area contributed by atoms with Crippen LogP contribution < -0.4 is 0 Å². The Labute approximate surface area is 123 Å². The maximum atomic E-state index is 12.7. The van der Waals surface area contributed by atoms with Crippen molar-refractivity contribution >= 4 is 10.0 Å². The number of benzene rings is 1. The van der Waals surface area contributed by atoms with Crippen LogP contribution in [0, 0.1) is 12.8 Å². The lowest BCUT2D eigenvalue weighted by atomic mass is 9.99. The van der Waals surface area contributed by atoms with Gasteiger partial charge in [0.15, 0.2) is 0 Å². The Morgan fingerprint density at radius 2 is 2.05 bits per heavy atom. The van der Waals surface area contributed by atoms with Gasteiger partial charge in [-0.3, -0.25) is 0 Å². The second-order valence-corrected chi connectivity index (χ2v) is 8.18. The Balaban J connectivity index is 2.37. The number of aryl methyl sites for hydroxylation is 1. The number of sulfonamides is 1. The summed E-state index contributed by atoms with van der Waals surface area (Å²) in [6.45, 7) is 9.00. The molecule has 0 aliphatic carbocycles. The van der Waals surface area contributed by atoms with Gasteiger partial charge in [0.25, 0.3) is 0 Å². The number of hydrogen-bond acceptors (Lipinski definition) is 2. The van der Waals surface area contributed by atoms with Crippen molar-refractivity contribution in [3.05, 3.63) is 29.3 Å². The van der Waals surface area contributed by atoms with E-state index in [1.54, 1.807) is 10.4 Å². The molecule has 0 saturated carbocycles. The Morgan fingerprint density at radius 3 is 2.60 bits per heavy atom. The molecule has 3 nitrogen and oxygen atoms in total. The van der Waals surface area contributed by atoms with Gasteiger partial charge >= 0.3 is 0 Å². The van der Waals surface area contributed by atoms with Crippen molar-refractivity contribution in [3.8, 4) is 0 Å². The lowest BCUT2D eigenvalue weighted by molar-refractivity contribution is 0.408. The molecule has 1 aromatic carbocycles. The molecule has 0 unspecified atom stereocenters. The zero-order chi connectivity index (χ0) is 14.9. The minimum atomic E-state index is -3.33. The smallest absolute Gasteiger partial charge is 0.207 e. The van der Waals surface area contributed by atoms with Crippen LogP contribution in [0.3, 0.4) is 0 Å². The van der Waals surface area contributed by atoms with Gasteiger partial charge in [0.05, 0.1) is 4.90 Å². The lowest BCUT2D eigenvalue weighted by Gasteiger charge is -2.21. The van der Waals surface area contributed by atoms with Crippen molar-refractivity contribution < 1.29 is 8.42 Å². The molecule has 1 fully saturated rings. The Kier molecular flexibility index (Phi) is 4.55. The molecule has 1 atom stereocenters. The van der Waals surface area contributed by atoms with E-state index in [1.165, 1.54) is 5.56 Å². The normalized spacial score (nSPS) is 20.8. The van der Waals surface area contributed by atoms with Crippen LogP contribution in [0.15, 0.2) is 23.1 Å². The second kappa shape index (κ2) is 5.86. The van der Waals surface area contributed by atoms with Gasteiger partial charge < -0.3 is 0 Å². The van der Waals surface area contributed by atoms with Crippen molar-refractivity contribution in [2.75, 3.05) is 6.54 Å². The number of hydrogen-bond donors (Lipinski definition) is 0. The van der Waals surface area contributed by atoms with Crippen LogP contribution in [0.25, 0.3) is 0 Å². The fraction of sp³-hybridized carbons (Fsp3) is 0.625. The molecule has 112 valence electrons. The van der Waals surface area contributed by atoms with Gasteiger partial charge in [-0.1, -0.05) is 19.9 Å². The molecule has 0 amide bonds. The van der Waals surface area contributed by atoms with Crippen LogP contribution in [-0.2, 0) is 16.4 Å². The maximum absolute atomic E-state index is 12.7. The SMILES string of the molecule is Cc1ccc(S(=O)(=O)N2CCC[C@@H]2C)cc1CC(C)C. The maximum Gasteiger partial charge on any atom is 0.243 e. The fourth-order valence-electron chi connectivity index (χ4n) is 2.87. The molecule has 0 radical (unpaired) electrons. The molecule has 1 aliphatic rings. The highest BCUT2D eigenvalue weighted by Gasteiger charge is 2.32. The summed E-state index contributed by atoms with van der Waals surface area (Å²) in [7, 11) is -3.33. The third-order valence-electron chi connectivity index (χ3n) is 4.05. The minimum Gasteiger partial charge on any atom is -0.207 e. The zero-order valence-corrected chi connectivity index (χ0v) is 13.7. The van der Waals surface area contributed by atoms with E-state index in [1.807, 2.05) is 26.0 Å². The van der Waals surface area contributed by atoms with E-state index in [2.05, 4.69) is 13.8 Å². The molecule has 0 bridgehead atoms. The van der Waals surface area contributed by atoms with Crippen molar-refractivity contribution in [3.63, 3.8) is 0 Å². The van der Waals surface area contributed by atoms with Crippen molar-refractivity contribution in [2.24, 2.45) is 5.92 Å². The molecule has 1 aromatic rings. The summed E-state index contributed by atoms with van der Waals surface area (Å²) in [6.07, 6.45) is 2.85. The summed E-state index contributed by atoms with van der Waals surface area (Å²) in [6, 6.07) is 5.68. The molecule has 0 N–H and O–H groups in total. The first-order valence-corrected chi connectivity index (χ1v) is 8.87. The Bertz CT molecular complexity index is 578. The van der Waals surface area contributed by atoms with E-state index in [0.717, 1.165) is 24.8 Å². The molecule has 4 heteroatoms. The standard InChI is InChI=1S/C16H25NO2S/c1-12(2)10-15-11-16(8-7-13(15)3)20(18,19)17-9-5-6-14(17)4/h7-8,11-12,14H,5-6,9-10H2,1-4H3/t14-/m0/s1. The van der Waals surface area contributed by atoms with E-state index < -0.39 is 10.0 Å². The molecular formula is C16H25NO2S. The molecule has 1 aliphatic heterocycles. The molecule has 1 heterocycles. The van der Waals surface area contributed by atoms with Crippen LogP contribution >= 0.6 is 0 Å². The Hall–Kier alpha value is -0.870. The van der Waals surface area contributed by atoms with Gasteiger partial charge in [-0.05, 0) is 62.3 Å². The largest absolute Gasteiger partial charge is 0.243 e. The van der Waals surface area contributed by atoms with Crippen LogP contribution in [0.4, 0.5) is 0 Å². The van der Waals surface area contributed by atoms with E-state index >= 15 is 0 Å². The molecule has 2 rings (SSSR count). The van der Waals surface area contributed by atoms with E-state index in [9.17, 15) is 8.42 Å². The van der Waals surface area contributed by atoms with Gasteiger partial charge in [-0.25, -0.2) is 8.42 Å². The number of nitrogens with zero attached hydrogens (tertiary/aromatic N) is 1. The molecular weight excluding hydrogens is 270 g/mol. The van der Waals surface area contributed by atoms with E-state index in [-0.39, 0.29) is 6.04 Å². The molecule has 0 aromatic heterocycles. The highest BCUT2D eigenvalue weighted by Crippen LogP contribution is 2.27. The molecule has 20 heavy (non-hydrogen) atoms. The van der Waals surface area contributed by atoms with Crippen LogP contribution in [0.1, 0.15) is 44.7 Å². The van der Waals surface area contributed by atoms with Crippen molar-refractivity contribution in [1.82, 2.24) is 4.31 Å². The third kappa shape index (κ3) is 3.07. The summed E-state index contributed by atoms with van der Waals surface area (Å²) in [5, 5.41) is 0. The summed E-state index contributed by atoms with van der Waals surface area (Å²) in [5.41, 5.74) is 2.32. The predicted molar refractivity (Wildman–Crippen MR) is 82.3 cm³/mol. The average molecular weight is 295 g/mol. The topological polar surface area (TPSA) is 37.4 Å². The van der Waals surface area contributed by atoms with Gasteiger partial charge in [0.1, 0.15) is 0 Å². The minimum absolute atomic E-state index is 0.120. The molecule has 0 spiro atoms. The Morgan fingerprint density at radius 1 is 1.35 bits per heavy atom. The highest BCUT2D eigenvalue weighted by molar-refractivity contribution is 7.89. The predicted octanol–water partition coefficient (Wildman–Crippen LogP) is 3.37. The first-order chi connectivity index (χ1) is 9.32. The number of rotatable bonds is 4. The third-order valence-corrected chi connectivity index (χ3v) is 6.06. The van der Waals surface area contributed by atoms with Gasteiger partial charge in [0, 0.05) is 12.6 Å². The van der Waals surface area contributed by atoms with Crippen molar-refractivity contribution in [2.45, 2.75) is 57.9 Å². The van der Waals surface area contributed by atoms with Crippen LogP contribution in [0.5, 0.6) is 0 Å². The average Bonchev–Trinajstić information content (AvgIpc) is 2.78. The van der Waals surface area contributed by atoms with Crippen LogP contribution in [0.2, 0.25) is 0 Å². The van der Waals surface area contributed by atoms with Crippen molar-refractivity contribution in [1.29, 1.82) is 0 Å². The quantitative estimate of drug-likeness (QED) is 0.854. The summed E-state index contributed by atoms with van der Waals surface area (Å²) in [4.78, 5) is 0.451. The summed E-state index contributed by atoms with van der Waals surface area (Å²) in [5.74, 6) is 0.525. The fourth-order valence-corrected chi connectivity index (χ4v) is 4.62. The van der Waals surface area contributed by atoms with E-state index in [4.69, 9.17) is 0 Å². The van der Waals surface area contributed by atoms with Gasteiger partial charge in [-0.15, -0.1) is 0 Å². The first-order valence-electron chi connectivity index (χ1n) is 7.43. The molecule has 1 saturated heterocycles. The monoisotopic (exact) mass is 295 g/mol. The summed E-state index contributed by atoms with van der Waals surface area (Å²) < 4.78 is 27.1. The van der Waals surface area contributed by atoms with Crippen LogP contribution in [-0.4, -0.2) is 25.3 Å². The lowest BCUT2D eigenvalue weighted by Crippen LogP contribution is -2.33. The second-order valence-electron chi connectivity index (χ2n) is 6.29. The summed E-state index contributed by atoms with van der Waals surface area (Å²) >= 11 is 0. The highest BCUT2D eigenvalue weighted by atomic mass is 32.2. The van der Waals surface area contributed by atoms with E-state index in [0.29, 0.717) is 17.4 Å². The zero-order valence-electron chi connectivity index (χ0n) is 12.9. The van der Waals surface area contributed by atoms with Gasteiger partial charge in [0.2, 0.25) is 10.0 Å².